The van der Waals surface area contributed by atoms with Crippen LogP contribution in [-0.4, -0.2) is 74.3 Å². The van der Waals surface area contributed by atoms with E-state index < -0.39 is 18.1 Å². The van der Waals surface area contributed by atoms with Gasteiger partial charge in [0.15, 0.2) is 0 Å². The Balaban J connectivity index is 1.68. The molecule has 1 amide bonds. The highest BCUT2D eigenvalue weighted by Gasteiger charge is 2.43. The van der Waals surface area contributed by atoms with Crippen molar-refractivity contribution < 1.29 is 32.2 Å². The van der Waals surface area contributed by atoms with E-state index in [-0.39, 0.29) is 19.7 Å². The molecule has 27 heavy (non-hydrogen) atoms. The molecule has 0 radical (unpaired) electrons. The number of rotatable bonds is 6. The second kappa shape index (κ2) is 9.40. The van der Waals surface area contributed by atoms with E-state index in [1.807, 2.05) is 11.0 Å². The molecular weight excluding hydrogens is 365 g/mol. The number of benzene rings is 1. The van der Waals surface area contributed by atoms with Gasteiger partial charge in [0.05, 0.1) is 7.11 Å². The molecule has 0 atom stereocenters. The zero-order valence-electron chi connectivity index (χ0n) is 14.9. The monoisotopic (exact) mass is 386 g/mol. The van der Waals surface area contributed by atoms with Crippen LogP contribution in [-0.2, 0) is 14.3 Å². The first-order chi connectivity index (χ1) is 12.8. The fraction of sp³-hybridized carbons (Fsp3) is 0.444. The Morgan fingerprint density at radius 1 is 1.19 bits per heavy atom. The number of nitrogens with zero attached hydrogens (tertiary/aromatic N) is 2. The van der Waals surface area contributed by atoms with Gasteiger partial charge in [0.25, 0.3) is 0 Å². The summed E-state index contributed by atoms with van der Waals surface area (Å²) in [6.07, 6.45) is -1.94. The number of alkyl halides is 3. The van der Waals surface area contributed by atoms with Crippen molar-refractivity contribution in [2.24, 2.45) is 0 Å². The number of piperazine rings is 1. The molecule has 2 rings (SSSR count). The number of carbonyl (C=O) groups excluding carboxylic acids is 2. The molecule has 0 unspecified atom stereocenters. The summed E-state index contributed by atoms with van der Waals surface area (Å²) in [5.74, 6) is -1.64. The van der Waals surface area contributed by atoms with Gasteiger partial charge >= 0.3 is 18.1 Å². The molecule has 1 aliphatic heterocycles. The van der Waals surface area contributed by atoms with Crippen molar-refractivity contribution in [3.63, 3.8) is 0 Å². The first kappa shape index (κ1) is 20.8. The quantitative estimate of drug-likeness (QED) is 0.553. The number of amides is 1. The molecule has 1 saturated heterocycles. The van der Waals surface area contributed by atoms with Crippen molar-refractivity contribution in [3.8, 4) is 5.75 Å². The average molecular weight is 386 g/mol. The molecule has 1 heterocycles. The third-order valence-electron chi connectivity index (χ3n) is 4.06. The lowest BCUT2D eigenvalue weighted by atomic mass is 10.2. The topological polar surface area (TPSA) is 59.1 Å². The number of ether oxygens (including phenoxy) is 2. The Bertz CT molecular complexity index is 683. The van der Waals surface area contributed by atoms with Crippen LogP contribution in [0.4, 0.5) is 13.2 Å². The average Bonchev–Trinajstić information content (AvgIpc) is 2.66. The summed E-state index contributed by atoms with van der Waals surface area (Å²) < 4.78 is 47.3. The Kier molecular flexibility index (Phi) is 7.23. The molecule has 1 aromatic carbocycles. The second-order valence-corrected chi connectivity index (χ2v) is 5.91. The molecule has 148 valence electrons. The van der Waals surface area contributed by atoms with Crippen LogP contribution >= 0.6 is 0 Å². The van der Waals surface area contributed by atoms with E-state index in [0.717, 1.165) is 10.5 Å². The third-order valence-corrected chi connectivity index (χ3v) is 4.06. The van der Waals surface area contributed by atoms with E-state index in [0.29, 0.717) is 25.4 Å². The van der Waals surface area contributed by atoms with Gasteiger partial charge in [0, 0.05) is 38.8 Å². The fourth-order valence-electron chi connectivity index (χ4n) is 2.59. The summed E-state index contributed by atoms with van der Waals surface area (Å²) in [5.41, 5.74) is 0.789. The molecule has 0 bridgehead atoms. The van der Waals surface area contributed by atoms with E-state index in [2.05, 4.69) is 0 Å². The lowest BCUT2D eigenvalue weighted by molar-refractivity contribution is -0.187. The van der Waals surface area contributed by atoms with Crippen molar-refractivity contribution in [2.75, 3.05) is 46.4 Å². The molecule has 6 nitrogen and oxygen atoms in total. The molecule has 0 aliphatic carbocycles. The van der Waals surface area contributed by atoms with Gasteiger partial charge in [-0.25, -0.2) is 4.79 Å². The zero-order chi connectivity index (χ0) is 19.9. The predicted molar refractivity (Wildman–Crippen MR) is 92.1 cm³/mol. The number of halogens is 3. The molecule has 1 aromatic rings. The van der Waals surface area contributed by atoms with Crippen LogP contribution in [0.15, 0.2) is 30.3 Å². The first-order valence-corrected chi connectivity index (χ1v) is 8.37. The summed E-state index contributed by atoms with van der Waals surface area (Å²) in [6.45, 7) is 1.13. The van der Waals surface area contributed by atoms with Gasteiger partial charge in [0.2, 0.25) is 0 Å². The van der Waals surface area contributed by atoms with Gasteiger partial charge in [-0.2, -0.15) is 13.2 Å². The highest BCUT2D eigenvalue weighted by atomic mass is 19.4. The molecule has 1 fully saturated rings. The van der Waals surface area contributed by atoms with E-state index in [1.54, 1.807) is 31.4 Å². The first-order valence-electron chi connectivity index (χ1n) is 8.37. The summed E-state index contributed by atoms with van der Waals surface area (Å²) >= 11 is 0. The summed E-state index contributed by atoms with van der Waals surface area (Å²) in [7, 11) is 1.55. The maximum Gasteiger partial charge on any atom is 0.471 e. The summed E-state index contributed by atoms with van der Waals surface area (Å²) in [5, 5.41) is 0. The number of methoxy groups -OCH3 is 1. The lowest BCUT2D eigenvalue weighted by Crippen LogP contribution is -2.52. The van der Waals surface area contributed by atoms with Crippen molar-refractivity contribution in [3.05, 3.63) is 35.9 Å². The normalized spacial score (nSPS) is 15.8. The van der Waals surface area contributed by atoms with Crippen LogP contribution in [0.25, 0.3) is 6.08 Å². The van der Waals surface area contributed by atoms with Crippen molar-refractivity contribution in [1.29, 1.82) is 0 Å². The van der Waals surface area contributed by atoms with E-state index >= 15 is 0 Å². The molecular formula is C18H21F3N2O4. The largest absolute Gasteiger partial charge is 0.497 e. The van der Waals surface area contributed by atoms with Crippen LogP contribution in [0.3, 0.4) is 0 Å². The summed E-state index contributed by atoms with van der Waals surface area (Å²) in [6, 6.07) is 7.17. The van der Waals surface area contributed by atoms with Gasteiger partial charge in [-0.15, -0.1) is 0 Å². The minimum absolute atomic E-state index is 0.00202. The van der Waals surface area contributed by atoms with Gasteiger partial charge in [-0.05, 0) is 23.8 Å². The lowest BCUT2D eigenvalue weighted by Gasteiger charge is -2.34. The van der Waals surface area contributed by atoms with Crippen LogP contribution in [0.5, 0.6) is 5.75 Å². The number of hydrogen-bond acceptors (Lipinski definition) is 5. The highest BCUT2D eigenvalue weighted by Crippen LogP contribution is 2.19. The van der Waals surface area contributed by atoms with Crippen LogP contribution in [0.2, 0.25) is 0 Å². The Hall–Kier alpha value is -2.55. The Morgan fingerprint density at radius 2 is 1.89 bits per heavy atom. The number of carbonyl (C=O) groups is 2. The number of hydrogen-bond donors (Lipinski definition) is 0. The van der Waals surface area contributed by atoms with Crippen LogP contribution in [0.1, 0.15) is 5.56 Å². The minimum atomic E-state index is -4.84. The zero-order valence-corrected chi connectivity index (χ0v) is 14.9. The maximum absolute atomic E-state index is 12.4. The van der Waals surface area contributed by atoms with Crippen molar-refractivity contribution in [1.82, 2.24) is 9.80 Å². The van der Waals surface area contributed by atoms with Gasteiger partial charge < -0.3 is 14.4 Å². The van der Waals surface area contributed by atoms with Gasteiger partial charge in [-0.3, -0.25) is 9.69 Å². The number of esters is 1. The van der Waals surface area contributed by atoms with Crippen molar-refractivity contribution >= 4 is 18.0 Å². The SMILES string of the molecule is COc1cccc(/C=C/C(=O)OCCN2CCN(C(=O)C(F)(F)F)CC2)c1. The predicted octanol–water partition coefficient (Wildman–Crippen LogP) is 1.96. The van der Waals surface area contributed by atoms with Gasteiger partial charge in [0.1, 0.15) is 12.4 Å². The van der Waals surface area contributed by atoms with Gasteiger partial charge in [-0.1, -0.05) is 12.1 Å². The Labute approximate surface area is 155 Å². The maximum atomic E-state index is 12.4. The van der Waals surface area contributed by atoms with E-state index in [1.165, 1.54) is 6.08 Å². The molecule has 9 heteroatoms. The van der Waals surface area contributed by atoms with Crippen LogP contribution < -0.4 is 4.74 Å². The standard InChI is InChI=1S/C18H21F3N2O4/c1-26-15-4-2-3-14(13-15)5-6-16(24)27-12-11-22-7-9-23(10-8-22)17(25)18(19,20)21/h2-6,13H,7-12H2,1H3/b6-5+. The molecule has 0 spiro atoms. The second-order valence-electron chi connectivity index (χ2n) is 5.91. The fourth-order valence-corrected chi connectivity index (χ4v) is 2.59. The van der Waals surface area contributed by atoms with Crippen molar-refractivity contribution in [2.45, 2.75) is 6.18 Å². The molecule has 1 aliphatic rings. The molecule has 0 saturated carbocycles. The van der Waals surface area contributed by atoms with E-state index in [4.69, 9.17) is 9.47 Å². The minimum Gasteiger partial charge on any atom is -0.497 e. The van der Waals surface area contributed by atoms with Crippen LogP contribution in [0, 0.1) is 0 Å². The third kappa shape index (κ3) is 6.59. The smallest absolute Gasteiger partial charge is 0.471 e. The highest BCUT2D eigenvalue weighted by molar-refractivity contribution is 5.87. The molecule has 0 N–H and O–H groups in total. The Morgan fingerprint density at radius 3 is 2.52 bits per heavy atom. The van der Waals surface area contributed by atoms with E-state index in [9.17, 15) is 22.8 Å². The molecule has 0 aromatic heterocycles. The summed E-state index contributed by atoms with van der Waals surface area (Å²) in [4.78, 5) is 25.5.